The maximum absolute atomic E-state index is 9.50. The first-order chi connectivity index (χ1) is 14.2. The van der Waals surface area contributed by atoms with E-state index in [9.17, 15) is 5.11 Å². The van der Waals surface area contributed by atoms with Gasteiger partial charge in [-0.15, -0.1) is 11.8 Å². The molecule has 5 heteroatoms. The maximum atomic E-state index is 9.50. The van der Waals surface area contributed by atoms with Crippen molar-refractivity contribution in [2.75, 3.05) is 0 Å². The molecule has 0 aliphatic carbocycles. The van der Waals surface area contributed by atoms with Gasteiger partial charge in [0.25, 0.3) is 0 Å². The molecule has 0 radical (unpaired) electrons. The van der Waals surface area contributed by atoms with Crippen molar-refractivity contribution < 1.29 is 9.84 Å². The minimum Gasteiger partial charge on any atom is -0.508 e. The van der Waals surface area contributed by atoms with Crippen molar-refractivity contribution in [2.45, 2.75) is 17.3 Å². The molecule has 4 aromatic rings. The Morgan fingerprint density at radius 3 is 2.59 bits per heavy atom. The van der Waals surface area contributed by atoms with Crippen LogP contribution in [0.5, 0.6) is 11.5 Å². The number of halogens is 1. The van der Waals surface area contributed by atoms with Gasteiger partial charge in [0.05, 0.1) is 4.47 Å². The summed E-state index contributed by atoms with van der Waals surface area (Å²) in [5.74, 6) is 1.84. The van der Waals surface area contributed by atoms with Crippen molar-refractivity contribution in [1.82, 2.24) is 0 Å². The minimum absolute atomic E-state index is 0.214. The Morgan fingerprint density at radius 1 is 0.897 bits per heavy atom. The molecule has 4 rings (SSSR count). The molecule has 0 amide bonds. The summed E-state index contributed by atoms with van der Waals surface area (Å²) < 4.78 is 6.63. The van der Waals surface area contributed by atoms with Crippen LogP contribution in [0.15, 0.2) is 92.9 Å². The Labute approximate surface area is 187 Å². The third-order valence-corrected chi connectivity index (χ3v) is 6.76. The first-order valence-electron chi connectivity index (χ1n) is 9.12. The van der Waals surface area contributed by atoms with E-state index in [1.54, 1.807) is 29.5 Å². The largest absolute Gasteiger partial charge is 0.508 e. The Balaban J connectivity index is 1.38. The van der Waals surface area contributed by atoms with E-state index in [2.05, 4.69) is 81.3 Å². The first-order valence-corrected chi connectivity index (χ1v) is 11.8. The van der Waals surface area contributed by atoms with Gasteiger partial charge in [0.2, 0.25) is 0 Å². The average Bonchev–Trinajstić information content (AvgIpc) is 3.27. The van der Waals surface area contributed by atoms with E-state index in [0.717, 1.165) is 15.8 Å². The maximum Gasteiger partial charge on any atom is 0.134 e. The van der Waals surface area contributed by atoms with Gasteiger partial charge in [-0.3, -0.25) is 0 Å². The van der Waals surface area contributed by atoms with Crippen LogP contribution in [0.3, 0.4) is 0 Å². The molecule has 2 nitrogen and oxygen atoms in total. The second-order valence-electron chi connectivity index (χ2n) is 6.55. The third-order valence-electron chi connectivity index (χ3n) is 4.40. The van der Waals surface area contributed by atoms with Gasteiger partial charge in [-0.2, -0.15) is 11.3 Å². The fourth-order valence-corrected chi connectivity index (χ4v) is 4.98. The summed E-state index contributed by atoms with van der Waals surface area (Å²) in [6, 6.07) is 24.3. The van der Waals surface area contributed by atoms with E-state index in [-0.39, 0.29) is 5.75 Å². The summed E-state index contributed by atoms with van der Waals surface area (Å²) >= 11 is 6.98. The van der Waals surface area contributed by atoms with E-state index in [1.807, 2.05) is 11.8 Å². The third kappa shape index (κ3) is 5.44. The zero-order chi connectivity index (χ0) is 20.1. The molecular weight excluding hydrogens is 464 g/mol. The summed E-state index contributed by atoms with van der Waals surface area (Å²) in [7, 11) is 0. The van der Waals surface area contributed by atoms with Crippen molar-refractivity contribution in [2.24, 2.45) is 0 Å². The lowest BCUT2D eigenvalue weighted by molar-refractivity contribution is 0.303. The van der Waals surface area contributed by atoms with E-state index in [4.69, 9.17) is 4.74 Å². The quantitative estimate of drug-likeness (QED) is 0.273. The van der Waals surface area contributed by atoms with Crippen molar-refractivity contribution >= 4 is 39.0 Å². The predicted octanol–water partition coefficient (Wildman–Crippen LogP) is 7.75. The molecule has 0 saturated carbocycles. The molecule has 0 bridgehead atoms. The number of thiophene rings is 1. The number of benzene rings is 3. The molecule has 3 aromatic carbocycles. The minimum atomic E-state index is 0.214. The van der Waals surface area contributed by atoms with Crippen LogP contribution in [0.25, 0.3) is 11.1 Å². The molecular formula is C24H19BrO2S2. The molecule has 1 N–H and O–H groups in total. The standard InChI is InChI=1S/C24H19BrO2S2/c25-23-13-21(26)7-8-24(23)27-14-17-3-1-4-18(11-17)15-29-22-6-2-5-19(12-22)20-9-10-28-16-20/h1-13,16,26H,14-15H2. The number of rotatable bonds is 7. The van der Waals surface area contributed by atoms with Gasteiger partial charge in [-0.1, -0.05) is 36.4 Å². The molecule has 1 aromatic heterocycles. The Morgan fingerprint density at radius 2 is 1.76 bits per heavy atom. The zero-order valence-electron chi connectivity index (χ0n) is 15.5. The monoisotopic (exact) mass is 482 g/mol. The number of aromatic hydroxyl groups is 1. The summed E-state index contributed by atoms with van der Waals surface area (Å²) in [4.78, 5) is 1.27. The highest BCUT2D eigenvalue weighted by Crippen LogP contribution is 2.31. The molecule has 0 unspecified atom stereocenters. The van der Waals surface area contributed by atoms with E-state index in [1.165, 1.54) is 21.6 Å². The molecule has 0 saturated heterocycles. The number of phenols is 1. The van der Waals surface area contributed by atoms with Gasteiger partial charge < -0.3 is 9.84 Å². The van der Waals surface area contributed by atoms with Crippen LogP contribution < -0.4 is 4.74 Å². The first kappa shape index (κ1) is 20.1. The van der Waals surface area contributed by atoms with Crippen molar-refractivity contribution in [3.8, 4) is 22.6 Å². The molecule has 0 spiro atoms. The van der Waals surface area contributed by atoms with E-state index in [0.29, 0.717) is 12.4 Å². The van der Waals surface area contributed by atoms with Crippen molar-refractivity contribution in [3.63, 3.8) is 0 Å². The Kier molecular flexibility index (Phi) is 6.60. The van der Waals surface area contributed by atoms with Crippen LogP contribution in [-0.4, -0.2) is 5.11 Å². The van der Waals surface area contributed by atoms with Crippen LogP contribution in [-0.2, 0) is 12.4 Å². The summed E-state index contributed by atoms with van der Waals surface area (Å²) in [6.45, 7) is 0.482. The summed E-state index contributed by atoms with van der Waals surface area (Å²) in [5, 5.41) is 13.8. The van der Waals surface area contributed by atoms with Gasteiger partial charge in [0, 0.05) is 10.6 Å². The lowest BCUT2D eigenvalue weighted by Crippen LogP contribution is -1.97. The summed E-state index contributed by atoms with van der Waals surface area (Å²) in [5.41, 5.74) is 4.92. The average molecular weight is 483 g/mol. The molecule has 0 aliphatic heterocycles. The number of hydrogen-bond donors (Lipinski definition) is 1. The molecule has 1 heterocycles. The molecule has 29 heavy (non-hydrogen) atoms. The predicted molar refractivity (Wildman–Crippen MR) is 126 cm³/mol. The number of thioether (sulfide) groups is 1. The van der Waals surface area contributed by atoms with E-state index < -0.39 is 0 Å². The molecule has 0 aliphatic rings. The Hall–Kier alpha value is -2.21. The normalized spacial score (nSPS) is 10.8. The van der Waals surface area contributed by atoms with Crippen LogP contribution in [0.1, 0.15) is 11.1 Å². The van der Waals surface area contributed by atoms with Gasteiger partial charge in [-0.05, 0) is 85.3 Å². The fraction of sp³-hybridized carbons (Fsp3) is 0.0833. The van der Waals surface area contributed by atoms with Gasteiger partial charge in [0.15, 0.2) is 0 Å². The van der Waals surface area contributed by atoms with Gasteiger partial charge in [-0.25, -0.2) is 0 Å². The number of phenolic OH excluding ortho intramolecular Hbond substituents is 1. The highest BCUT2D eigenvalue weighted by molar-refractivity contribution is 9.10. The van der Waals surface area contributed by atoms with Crippen molar-refractivity contribution in [1.29, 1.82) is 0 Å². The summed E-state index contributed by atoms with van der Waals surface area (Å²) in [6.07, 6.45) is 0. The second kappa shape index (κ2) is 9.53. The molecule has 146 valence electrons. The highest BCUT2D eigenvalue weighted by Gasteiger charge is 2.05. The van der Waals surface area contributed by atoms with Crippen LogP contribution >= 0.6 is 39.0 Å². The molecule has 0 atom stereocenters. The highest BCUT2D eigenvalue weighted by atomic mass is 79.9. The van der Waals surface area contributed by atoms with Crippen molar-refractivity contribution in [3.05, 3.63) is 99.2 Å². The van der Waals surface area contributed by atoms with Crippen LogP contribution in [0, 0.1) is 0 Å². The molecule has 0 fully saturated rings. The van der Waals surface area contributed by atoms with Gasteiger partial charge in [0.1, 0.15) is 18.1 Å². The number of hydrogen-bond acceptors (Lipinski definition) is 4. The van der Waals surface area contributed by atoms with E-state index >= 15 is 0 Å². The van der Waals surface area contributed by atoms with Gasteiger partial charge >= 0.3 is 0 Å². The van der Waals surface area contributed by atoms with Crippen LogP contribution in [0.2, 0.25) is 0 Å². The lowest BCUT2D eigenvalue weighted by atomic mass is 10.1. The topological polar surface area (TPSA) is 29.5 Å². The van der Waals surface area contributed by atoms with Crippen LogP contribution in [0.4, 0.5) is 0 Å². The zero-order valence-corrected chi connectivity index (χ0v) is 18.8. The Bertz CT molecular complexity index is 1090. The SMILES string of the molecule is Oc1ccc(OCc2cccc(CSc3cccc(-c4ccsc4)c3)c2)c(Br)c1. The lowest BCUT2D eigenvalue weighted by Gasteiger charge is -2.10. The second-order valence-corrected chi connectivity index (χ2v) is 9.24. The smallest absolute Gasteiger partial charge is 0.134 e. The number of ether oxygens (including phenoxy) is 1. The fourth-order valence-electron chi connectivity index (χ4n) is 2.94.